The zero-order valence-electron chi connectivity index (χ0n) is 9.83. The van der Waals surface area contributed by atoms with Gasteiger partial charge in [-0.3, -0.25) is 0 Å². The predicted octanol–water partition coefficient (Wildman–Crippen LogP) is 0.180. The van der Waals surface area contributed by atoms with Crippen LogP contribution in [0.5, 0.6) is 5.88 Å². The number of hydrogen-bond acceptors (Lipinski definition) is 7. The Kier molecular flexibility index (Phi) is 3.37. The zero-order chi connectivity index (χ0) is 13.2. The Morgan fingerprint density at radius 3 is 2.94 bits per heavy atom. The number of hydrogen-bond donors (Lipinski definition) is 2. The van der Waals surface area contributed by atoms with Crippen LogP contribution in [0.1, 0.15) is 6.92 Å². The Balaban J connectivity index is 2.15. The van der Waals surface area contributed by atoms with Gasteiger partial charge in [-0.05, 0) is 13.0 Å². The summed E-state index contributed by atoms with van der Waals surface area (Å²) in [6.45, 7) is 2.26. The molecule has 8 heteroatoms. The Morgan fingerprint density at radius 2 is 2.33 bits per heavy atom. The fraction of sp³-hybridized carbons (Fsp3) is 0.400. The van der Waals surface area contributed by atoms with Crippen LogP contribution in [-0.4, -0.2) is 36.8 Å². The third kappa shape index (κ3) is 2.70. The Morgan fingerprint density at radius 1 is 1.56 bits per heavy atom. The summed E-state index contributed by atoms with van der Waals surface area (Å²) in [5.41, 5.74) is 6.10. The topological polar surface area (TPSA) is 107 Å². The minimum Gasteiger partial charge on any atom is -0.476 e. The number of nitrogens with zero attached hydrogens (tertiary/aromatic N) is 2. The molecule has 1 aliphatic rings. The normalized spacial score (nSPS) is 20.8. The van der Waals surface area contributed by atoms with Crippen molar-refractivity contribution in [3.05, 3.63) is 17.8 Å². The summed E-state index contributed by atoms with van der Waals surface area (Å²) in [6.07, 6.45) is 2.88. The lowest BCUT2D eigenvalue weighted by molar-refractivity contribution is 0.328. The van der Waals surface area contributed by atoms with E-state index >= 15 is 0 Å². The molecule has 0 amide bonds. The molecule has 1 unspecified atom stereocenters. The van der Waals surface area contributed by atoms with Crippen molar-refractivity contribution in [1.29, 1.82) is 0 Å². The highest BCUT2D eigenvalue weighted by atomic mass is 32.2. The molecule has 0 fully saturated rings. The van der Waals surface area contributed by atoms with Gasteiger partial charge in [0.1, 0.15) is 12.0 Å². The van der Waals surface area contributed by atoms with Crippen LogP contribution in [0.3, 0.4) is 0 Å². The van der Waals surface area contributed by atoms with Gasteiger partial charge in [0.2, 0.25) is 5.88 Å². The van der Waals surface area contributed by atoms with Crippen LogP contribution >= 0.6 is 0 Å². The first-order valence-corrected chi connectivity index (χ1v) is 7.14. The molecule has 2 rings (SSSR count). The summed E-state index contributed by atoms with van der Waals surface area (Å²) in [4.78, 5) is 7.87. The molecule has 18 heavy (non-hydrogen) atoms. The molecule has 1 atom stereocenters. The Hall–Kier alpha value is -1.83. The smallest absolute Gasteiger partial charge is 0.242 e. The molecule has 1 aliphatic heterocycles. The number of rotatable bonds is 4. The number of anilines is 2. The molecule has 0 saturated heterocycles. The molecule has 0 aromatic carbocycles. The fourth-order valence-electron chi connectivity index (χ4n) is 1.59. The van der Waals surface area contributed by atoms with Gasteiger partial charge < -0.3 is 15.8 Å². The molecule has 0 saturated carbocycles. The second kappa shape index (κ2) is 4.81. The minimum absolute atomic E-state index is 0.000408. The monoisotopic (exact) mass is 270 g/mol. The quantitative estimate of drug-likeness (QED) is 0.803. The lowest BCUT2D eigenvalue weighted by Gasteiger charge is -2.14. The summed E-state index contributed by atoms with van der Waals surface area (Å²) in [7, 11) is -3.11. The van der Waals surface area contributed by atoms with Crippen LogP contribution in [0.4, 0.5) is 11.5 Å². The van der Waals surface area contributed by atoms with Crippen molar-refractivity contribution in [2.45, 2.75) is 13.0 Å². The molecule has 1 aromatic heterocycles. The van der Waals surface area contributed by atoms with E-state index in [9.17, 15) is 8.42 Å². The Labute approximate surface area is 105 Å². The number of ether oxygens (including phenoxy) is 1. The van der Waals surface area contributed by atoms with Crippen LogP contribution in [-0.2, 0) is 9.84 Å². The van der Waals surface area contributed by atoms with Gasteiger partial charge in [-0.1, -0.05) is 0 Å². The van der Waals surface area contributed by atoms with Crippen LogP contribution in [0.2, 0.25) is 0 Å². The van der Waals surface area contributed by atoms with Gasteiger partial charge in [0.05, 0.1) is 18.4 Å². The SMILES string of the molecule is CCOc1ncnc(NC2C=CS(=O)(=O)C2)c1N. The van der Waals surface area contributed by atoms with Gasteiger partial charge in [-0.2, -0.15) is 4.98 Å². The first-order chi connectivity index (χ1) is 8.52. The van der Waals surface area contributed by atoms with Crippen molar-refractivity contribution >= 4 is 21.3 Å². The molecule has 0 bridgehead atoms. The summed E-state index contributed by atoms with van der Waals surface area (Å²) >= 11 is 0. The third-order valence-electron chi connectivity index (χ3n) is 2.38. The molecule has 0 aliphatic carbocycles. The summed E-state index contributed by atoms with van der Waals surface area (Å²) < 4.78 is 27.8. The van der Waals surface area contributed by atoms with Gasteiger partial charge in [-0.15, -0.1) is 0 Å². The van der Waals surface area contributed by atoms with E-state index in [2.05, 4.69) is 15.3 Å². The van der Waals surface area contributed by atoms with Crippen molar-refractivity contribution in [2.75, 3.05) is 23.4 Å². The molecule has 7 nitrogen and oxygen atoms in total. The highest BCUT2D eigenvalue weighted by Gasteiger charge is 2.23. The first-order valence-electron chi connectivity index (χ1n) is 5.42. The van der Waals surface area contributed by atoms with Gasteiger partial charge in [0.15, 0.2) is 15.7 Å². The number of nitrogen functional groups attached to an aromatic ring is 1. The highest BCUT2D eigenvalue weighted by molar-refractivity contribution is 7.94. The van der Waals surface area contributed by atoms with Crippen molar-refractivity contribution in [1.82, 2.24) is 9.97 Å². The molecule has 3 N–H and O–H groups in total. The number of nitrogens with two attached hydrogens (primary N) is 1. The fourth-order valence-corrected chi connectivity index (χ4v) is 2.82. The second-order valence-electron chi connectivity index (χ2n) is 3.78. The number of aromatic nitrogens is 2. The number of nitrogens with one attached hydrogen (secondary N) is 1. The lowest BCUT2D eigenvalue weighted by Crippen LogP contribution is -2.22. The lowest BCUT2D eigenvalue weighted by atomic mass is 10.3. The van der Waals surface area contributed by atoms with E-state index in [1.54, 1.807) is 6.08 Å². The van der Waals surface area contributed by atoms with Crippen molar-refractivity contribution in [2.24, 2.45) is 0 Å². The van der Waals surface area contributed by atoms with E-state index < -0.39 is 9.84 Å². The molecule has 0 spiro atoms. The molecular formula is C10H14N4O3S. The van der Waals surface area contributed by atoms with Gasteiger partial charge in [0.25, 0.3) is 0 Å². The van der Waals surface area contributed by atoms with Crippen LogP contribution in [0.15, 0.2) is 17.8 Å². The molecular weight excluding hydrogens is 256 g/mol. The summed E-state index contributed by atoms with van der Waals surface area (Å²) in [5.74, 6) is 0.667. The summed E-state index contributed by atoms with van der Waals surface area (Å²) in [5, 5.41) is 4.13. The van der Waals surface area contributed by atoms with Crippen molar-refractivity contribution < 1.29 is 13.2 Å². The summed E-state index contributed by atoms with van der Waals surface area (Å²) in [6, 6.07) is -0.332. The van der Waals surface area contributed by atoms with E-state index in [0.717, 1.165) is 0 Å². The van der Waals surface area contributed by atoms with Crippen LogP contribution in [0, 0.1) is 0 Å². The van der Waals surface area contributed by atoms with E-state index in [1.807, 2.05) is 6.92 Å². The number of sulfone groups is 1. The van der Waals surface area contributed by atoms with Gasteiger partial charge in [0, 0.05) is 5.41 Å². The molecule has 0 radical (unpaired) electrons. The Bertz CT molecular complexity index is 570. The van der Waals surface area contributed by atoms with E-state index in [4.69, 9.17) is 10.5 Å². The van der Waals surface area contributed by atoms with Gasteiger partial charge >= 0.3 is 0 Å². The average Bonchev–Trinajstić information content (AvgIpc) is 2.64. The highest BCUT2D eigenvalue weighted by Crippen LogP contribution is 2.26. The average molecular weight is 270 g/mol. The van der Waals surface area contributed by atoms with Crippen molar-refractivity contribution in [3.63, 3.8) is 0 Å². The van der Waals surface area contributed by atoms with E-state index in [0.29, 0.717) is 18.3 Å². The third-order valence-corrected chi connectivity index (χ3v) is 3.78. The molecule has 2 heterocycles. The molecule has 1 aromatic rings. The maximum atomic E-state index is 11.3. The predicted molar refractivity (Wildman–Crippen MR) is 68.0 cm³/mol. The largest absolute Gasteiger partial charge is 0.476 e. The second-order valence-corrected chi connectivity index (χ2v) is 5.71. The minimum atomic E-state index is -3.11. The first kappa shape index (κ1) is 12.6. The maximum Gasteiger partial charge on any atom is 0.242 e. The zero-order valence-corrected chi connectivity index (χ0v) is 10.6. The van der Waals surface area contributed by atoms with Gasteiger partial charge in [-0.25, -0.2) is 13.4 Å². The van der Waals surface area contributed by atoms with Crippen LogP contribution < -0.4 is 15.8 Å². The standard InChI is InChI=1S/C10H14N4O3S/c1-2-17-10-8(11)9(12-6-13-10)14-7-3-4-18(15,16)5-7/h3-4,6-7H,2,5,11H2,1H3,(H,12,13,14). The van der Waals surface area contributed by atoms with E-state index in [-0.39, 0.29) is 17.5 Å². The van der Waals surface area contributed by atoms with Crippen LogP contribution in [0.25, 0.3) is 0 Å². The van der Waals surface area contributed by atoms with Crippen molar-refractivity contribution in [3.8, 4) is 5.88 Å². The molecule has 98 valence electrons. The van der Waals surface area contributed by atoms with E-state index in [1.165, 1.54) is 11.7 Å². The maximum absolute atomic E-state index is 11.3.